The normalized spacial score (nSPS) is 11.4. The molecule has 0 radical (unpaired) electrons. The van der Waals surface area contributed by atoms with Crippen LogP contribution in [0.3, 0.4) is 0 Å². The Kier molecular flexibility index (Phi) is 7.05. The number of nitrogens with zero attached hydrogens (tertiary/aromatic N) is 3. The lowest BCUT2D eigenvalue weighted by Gasteiger charge is -2.26. The number of nitrogen functional groups attached to an aromatic ring is 1. The van der Waals surface area contributed by atoms with Crippen LogP contribution in [0.25, 0.3) is 0 Å². The molecule has 0 atom stereocenters. The summed E-state index contributed by atoms with van der Waals surface area (Å²) >= 11 is 0. The fourth-order valence-corrected chi connectivity index (χ4v) is 3.29. The van der Waals surface area contributed by atoms with Crippen molar-refractivity contribution in [2.45, 2.75) is 60.9 Å². The number of carbonyl (C=O) groups is 1. The zero-order chi connectivity index (χ0) is 21.9. The van der Waals surface area contributed by atoms with Crippen molar-refractivity contribution in [2.24, 2.45) is 11.8 Å². The molecule has 29 heavy (non-hydrogen) atoms. The van der Waals surface area contributed by atoms with E-state index in [0.717, 1.165) is 11.3 Å². The molecule has 2 rings (SSSR count). The highest BCUT2D eigenvalue weighted by Crippen LogP contribution is 2.21. The maximum absolute atomic E-state index is 13.1. The van der Waals surface area contributed by atoms with Crippen molar-refractivity contribution in [3.63, 3.8) is 0 Å². The summed E-state index contributed by atoms with van der Waals surface area (Å²) in [6.45, 7) is 12.1. The smallest absolute Gasteiger partial charge is 0.330 e. The van der Waals surface area contributed by atoms with Gasteiger partial charge in [-0.15, -0.1) is 0 Å². The summed E-state index contributed by atoms with van der Waals surface area (Å²) in [5.74, 6) is 0.683. The molecule has 9 heteroatoms. The number of aromatic amines is 1. The zero-order valence-electron chi connectivity index (χ0n) is 18.0. The first-order chi connectivity index (χ1) is 13.5. The maximum atomic E-state index is 13.1. The van der Waals surface area contributed by atoms with Crippen molar-refractivity contribution in [1.82, 2.24) is 14.7 Å². The molecule has 2 aromatic heterocycles. The Morgan fingerprint density at radius 3 is 2.38 bits per heavy atom. The number of aryl methyl sites for hydroxylation is 2. The Morgan fingerprint density at radius 2 is 1.86 bits per heavy atom. The fraction of sp³-hybridized carbons (Fsp3) is 0.600. The van der Waals surface area contributed by atoms with Gasteiger partial charge in [-0.2, -0.15) is 0 Å². The summed E-state index contributed by atoms with van der Waals surface area (Å²) in [6.07, 6.45) is 0.607. The number of hydrogen-bond donors (Lipinski definition) is 2. The molecule has 3 N–H and O–H groups in total. The number of rotatable bonds is 8. The van der Waals surface area contributed by atoms with E-state index in [4.69, 9.17) is 10.3 Å². The van der Waals surface area contributed by atoms with Crippen molar-refractivity contribution in [3.05, 3.63) is 37.9 Å². The monoisotopic (exact) mass is 405 g/mol. The van der Waals surface area contributed by atoms with E-state index in [0.29, 0.717) is 25.3 Å². The molecule has 1 amide bonds. The molecule has 0 spiro atoms. The van der Waals surface area contributed by atoms with Crippen LogP contribution >= 0.6 is 0 Å². The van der Waals surface area contributed by atoms with E-state index in [1.54, 1.807) is 6.92 Å². The summed E-state index contributed by atoms with van der Waals surface area (Å²) in [5.41, 5.74) is 6.64. The van der Waals surface area contributed by atoms with E-state index in [9.17, 15) is 14.4 Å². The van der Waals surface area contributed by atoms with Crippen LogP contribution in [0.1, 0.15) is 51.1 Å². The number of hydrogen-bond acceptors (Lipinski definition) is 6. The van der Waals surface area contributed by atoms with Gasteiger partial charge >= 0.3 is 5.69 Å². The van der Waals surface area contributed by atoms with Gasteiger partial charge in [0.1, 0.15) is 11.6 Å². The van der Waals surface area contributed by atoms with E-state index >= 15 is 0 Å². The second-order valence-corrected chi connectivity index (χ2v) is 8.20. The lowest BCUT2D eigenvalue weighted by molar-refractivity contribution is -0.118. The second-order valence-electron chi connectivity index (χ2n) is 8.20. The summed E-state index contributed by atoms with van der Waals surface area (Å²) < 4.78 is 6.47. The first-order valence-corrected chi connectivity index (χ1v) is 9.87. The molecule has 0 saturated heterocycles. The molecule has 0 aliphatic rings. The van der Waals surface area contributed by atoms with E-state index in [2.05, 4.69) is 10.1 Å². The third kappa shape index (κ3) is 5.16. The van der Waals surface area contributed by atoms with Gasteiger partial charge in [0, 0.05) is 25.1 Å². The lowest BCUT2D eigenvalue weighted by Crippen LogP contribution is -2.43. The number of nitrogens with two attached hydrogens (primary N) is 1. The highest BCUT2D eigenvalue weighted by Gasteiger charge is 2.25. The van der Waals surface area contributed by atoms with E-state index < -0.39 is 11.2 Å². The second kappa shape index (κ2) is 9.11. The van der Waals surface area contributed by atoms with Crippen LogP contribution in [0.15, 0.2) is 14.1 Å². The summed E-state index contributed by atoms with van der Waals surface area (Å²) in [5, 5.41) is 3.91. The first-order valence-electron chi connectivity index (χ1n) is 9.87. The Hall–Kier alpha value is -2.84. The molecule has 2 heterocycles. The molecular weight excluding hydrogens is 374 g/mol. The van der Waals surface area contributed by atoms with Crippen molar-refractivity contribution in [1.29, 1.82) is 0 Å². The van der Waals surface area contributed by atoms with Gasteiger partial charge in [0.2, 0.25) is 5.91 Å². The van der Waals surface area contributed by atoms with Gasteiger partial charge in [-0.1, -0.05) is 32.9 Å². The van der Waals surface area contributed by atoms with E-state index in [1.807, 2.05) is 34.6 Å². The number of carbonyl (C=O) groups excluding carboxylic acids is 1. The van der Waals surface area contributed by atoms with Gasteiger partial charge in [-0.05, 0) is 32.1 Å². The van der Waals surface area contributed by atoms with E-state index in [-0.39, 0.29) is 35.7 Å². The maximum Gasteiger partial charge on any atom is 0.330 e. The molecule has 9 nitrogen and oxygen atoms in total. The minimum atomic E-state index is -0.654. The highest BCUT2D eigenvalue weighted by molar-refractivity contribution is 5.95. The number of aromatic nitrogens is 3. The van der Waals surface area contributed by atoms with Crippen LogP contribution in [-0.4, -0.2) is 27.2 Å². The molecule has 0 aromatic carbocycles. The predicted molar refractivity (Wildman–Crippen MR) is 112 cm³/mol. The van der Waals surface area contributed by atoms with Gasteiger partial charge in [0.15, 0.2) is 5.69 Å². The van der Waals surface area contributed by atoms with Crippen LogP contribution in [-0.2, 0) is 17.8 Å². The summed E-state index contributed by atoms with van der Waals surface area (Å²) in [7, 11) is 0. The number of H-pyrrole nitrogens is 1. The zero-order valence-corrected chi connectivity index (χ0v) is 18.0. The average molecular weight is 405 g/mol. The SMILES string of the molecule is Cc1noc(C)c1CCC(=O)N(CC(C)C)c1c(N)n(CC(C)C)c(=O)[nH]c1=O. The Bertz CT molecular complexity index is 964. The molecule has 0 saturated carbocycles. The third-order valence-electron chi connectivity index (χ3n) is 4.65. The summed E-state index contributed by atoms with van der Waals surface area (Å²) in [6, 6.07) is 0. The molecule has 0 aliphatic heterocycles. The molecule has 160 valence electrons. The van der Waals surface area contributed by atoms with Crippen molar-refractivity contribution in [2.75, 3.05) is 17.2 Å². The van der Waals surface area contributed by atoms with Gasteiger partial charge < -0.3 is 15.2 Å². The number of amides is 1. The Labute approximate surface area is 169 Å². The van der Waals surface area contributed by atoms with Gasteiger partial charge in [-0.25, -0.2) is 4.79 Å². The predicted octanol–water partition coefficient (Wildman–Crippen LogP) is 2.00. The molecule has 0 aliphatic carbocycles. The molecule has 0 unspecified atom stereocenters. The van der Waals surface area contributed by atoms with Crippen LogP contribution in [0.2, 0.25) is 0 Å². The largest absolute Gasteiger partial charge is 0.383 e. The molecular formula is C20H31N5O4. The fourth-order valence-electron chi connectivity index (χ4n) is 3.29. The van der Waals surface area contributed by atoms with Crippen LogP contribution < -0.4 is 21.9 Å². The molecule has 0 fully saturated rings. The van der Waals surface area contributed by atoms with Gasteiger partial charge in [0.05, 0.1) is 5.69 Å². The quantitative estimate of drug-likeness (QED) is 0.691. The average Bonchev–Trinajstić information content (AvgIpc) is 2.93. The van der Waals surface area contributed by atoms with Gasteiger partial charge in [-0.3, -0.25) is 19.1 Å². The highest BCUT2D eigenvalue weighted by atomic mass is 16.5. The Balaban J connectivity index is 2.43. The number of anilines is 2. The molecule has 2 aromatic rings. The summed E-state index contributed by atoms with van der Waals surface area (Å²) in [4.78, 5) is 41.6. The minimum absolute atomic E-state index is 0.0128. The lowest BCUT2D eigenvalue weighted by atomic mass is 10.1. The van der Waals surface area contributed by atoms with Crippen molar-refractivity contribution < 1.29 is 9.32 Å². The van der Waals surface area contributed by atoms with Crippen molar-refractivity contribution in [3.8, 4) is 0 Å². The number of nitrogens with one attached hydrogen (secondary N) is 1. The van der Waals surface area contributed by atoms with Crippen LogP contribution in [0.5, 0.6) is 0 Å². The minimum Gasteiger partial charge on any atom is -0.383 e. The first kappa shape index (κ1) is 22.4. The van der Waals surface area contributed by atoms with E-state index in [1.165, 1.54) is 9.47 Å². The van der Waals surface area contributed by atoms with Crippen LogP contribution in [0.4, 0.5) is 11.5 Å². The van der Waals surface area contributed by atoms with Crippen molar-refractivity contribution >= 4 is 17.4 Å². The topological polar surface area (TPSA) is 127 Å². The van der Waals surface area contributed by atoms with Crippen LogP contribution in [0, 0.1) is 25.7 Å². The Morgan fingerprint density at radius 1 is 1.21 bits per heavy atom. The third-order valence-corrected chi connectivity index (χ3v) is 4.65. The van der Waals surface area contributed by atoms with Gasteiger partial charge in [0.25, 0.3) is 5.56 Å². The molecule has 0 bridgehead atoms. The standard InChI is InChI=1S/C20H31N5O4/c1-11(2)9-24(16(26)8-7-15-13(5)23-29-14(15)6)17-18(21)25(10-12(3)4)20(28)22-19(17)27/h11-12H,7-10,21H2,1-6H3,(H,22,27,28).